The first kappa shape index (κ1) is 16.8. The Balaban J connectivity index is 1.84. The molecule has 0 aromatic heterocycles. The fraction of sp³-hybridized carbons (Fsp3) is 0.529. The predicted molar refractivity (Wildman–Crippen MR) is 87.7 cm³/mol. The van der Waals surface area contributed by atoms with Gasteiger partial charge in [-0.05, 0) is 42.9 Å². The number of amides is 2. The minimum absolute atomic E-state index is 0.0731. The largest absolute Gasteiger partial charge is 0.354 e. The second kappa shape index (κ2) is 8.18. The Kier molecular flexibility index (Phi) is 6.25. The molecule has 0 saturated heterocycles. The number of halogens is 1. The summed E-state index contributed by atoms with van der Waals surface area (Å²) >= 11 is 5.85. The van der Waals surface area contributed by atoms with Gasteiger partial charge in [-0.2, -0.15) is 0 Å². The Morgan fingerprint density at radius 3 is 2.45 bits per heavy atom. The summed E-state index contributed by atoms with van der Waals surface area (Å²) in [6.45, 7) is 2.02. The fourth-order valence-corrected chi connectivity index (χ4v) is 3.12. The molecule has 1 atom stereocenters. The van der Waals surface area contributed by atoms with Crippen LogP contribution in [0.25, 0.3) is 0 Å². The number of hydrogen-bond donors (Lipinski definition) is 2. The van der Waals surface area contributed by atoms with Crippen LogP contribution in [0.15, 0.2) is 24.3 Å². The standard InChI is InChI=1S/C17H23ClN2O2/c1-12(21)20-16(14-4-2-3-5-14)17(22)19-11-10-13-6-8-15(18)9-7-13/h6-9,14,16H,2-5,10-11H2,1H3,(H,19,22)(H,20,21)/t16-/m1/s1. The lowest BCUT2D eigenvalue weighted by molar-refractivity contribution is -0.129. The Bertz CT molecular complexity index is 510. The fourth-order valence-electron chi connectivity index (χ4n) is 3.00. The van der Waals surface area contributed by atoms with Crippen LogP contribution in [0.4, 0.5) is 0 Å². The first-order valence-electron chi connectivity index (χ1n) is 7.85. The van der Waals surface area contributed by atoms with Crippen LogP contribution in [0.1, 0.15) is 38.2 Å². The third kappa shape index (κ3) is 5.02. The highest BCUT2D eigenvalue weighted by Gasteiger charge is 2.30. The van der Waals surface area contributed by atoms with E-state index in [1.165, 1.54) is 6.92 Å². The van der Waals surface area contributed by atoms with Gasteiger partial charge in [0.2, 0.25) is 11.8 Å². The molecule has 22 heavy (non-hydrogen) atoms. The maximum Gasteiger partial charge on any atom is 0.242 e. The van der Waals surface area contributed by atoms with Gasteiger partial charge in [0, 0.05) is 18.5 Å². The second-order valence-corrected chi connectivity index (χ2v) is 6.33. The number of hydrogen-bond acceptors (Lipinski definition) is 2. The summed E-state index contributed by atoms with van der Waals surface area (Å²) in [4.78, 5) is 23.7. The lowest BCUT2D eigenvalue weighted by atomic mass is 9.97. The molecule has 5 heteroatoms. The van der Waals surface area contributed by atoms with Gasteiger partial charge in [-0.3, -0.25) is 9.59 Å². The van der Waals surface area contributed by atoms with Gasteiger partial charge < -0.3 is 10.6 Å². The maximum absolute atomic E-state index is 12.4. The van der Waals surface area contributed by atoms with Crippen molar-refractivity contribution in [3.8, 4) is 0 Å². The smallest absolute Gasteiger partial charge is 0.242 e. The van der Waals surface area contributed by atoms with Crippen LogP contribution >= 0.6 is 11.6 Å². The molecule has 120 valence electrons. The lowest BCUT2D eigenvalue weighted by Crippen LogP contribution is -2.50. The molecular formula is C17H23ClN2O2. The predicted octanol–water partition coefficient (Wildman–Crippen LogP) is 2.69. The van der Waals surface area contributed by atoms with E-state index in [0.717, 1.165) is 37.7 Å². The zero-order valence-corrected chi connectivity index (χ0v) is 13.7. The van der Waals surface area contributed by atoms with Crippen molar-refractivity contribution >= 4 is 23.4 Å². The van der Waals surface area contributed by atoms with Crippen molar-refractivity contribution < 1.29 is 9.59 Å². The van der Waals surface area contributed by atoms with E-state index in [9.17, 15) is 9.59 Å². The van der Waals surface area contributed by atoms with Gasteiger partial charge in [0.05, 0.1) is 0 Å². The highest BCUT2D eigenvalue weighted by atomic mass is 35.5. The van der Waals surface area contributed by atoms with Crippen molar-refractivity contribution in [2.75, 3.05) is 6.54 Å². The van der Waals surface area contributed by atoms with E-state index >= 15 is 0 Å². The van der Waals surface area contributed by atoms with Crippen molar-refractivity contribution in [2.45, 2.75) is 45.1 Å². The molecule has 2 N–H and O–H groups in total. The first-order valence-corrected chi connectivity index (χ1v) is 8.23. The molecule has 0 radical (unpaired) electrons. The summed E-state index contributed by atoms with van der Waals surface area (Å²) in [5, 5.41) is 6.46. The van der Waals surface area contributed by atoms with Crippen molar-refractivity contribution in [2.24, 2.45) is 5.92 Å². The molecule has 0 heterocycles. The van der Waals surface area contributed by atoms with Gasteiger partial charge in [0.1, 0.15) is 6.04 Å². The molecular weight excluding hydrogens is 300 g/mol. The summed E-state index contributed by atoms with van der Waals surface area (Å²) in [5.41, 5.74) is 1.13. The van der Waals surface area contributed by atoms with E-state index in [1.54, 1.807) is 0 Å². The highest BCUT2D eigenvalue weighted by Crippen LogP contribution is 2.27. The molecule has 1 aromatic carbocycles. The van der Waals surface area contributed by atoms with E-state index in [2.05, 4.69) is 10.6 Å². The molecule has 2 rings (SSSR count). The van der Waals surface area contributed by atoms with Crippen LogP contribution in [-0.4, -0.2) is 24.4 Å². The van der Waals surface area contributed by atoms with E-state index in [1.807, 2.05) is 24.3 Å². The SMILES string of the molecule is CC(=O)N[C@@H](C(=O)NCCc1ccc(Cl)cc1)C1CCCC1. The van der Waals surface area contributed by atoms with E-state index < -0.39 is 6.04 Å². The number of carbonyl (C=O) groups excluding carboxylic acids is 2. The summed E-state index contributed by atoms with van der Waals surface area (Å²) in [6.07, 6.45) is 5.04. The average Bonchev–Trinajstić information content (AvgIpc) is 3.00. The number of nitrogens with one attached hydrogen (secondary N) is 2. The molecule has 1 saturated carbocycles. The number of carbonyl (C=O) groups is 2. The Labute approximate surface area is 136 Å². The topological polar surface area (TPSA) is 58.2 Å². The van der Waals surface area contributed by atoms with Crippen molar-refractivity contribution in [1.82, 2.24) is 10.6 Å². The number of rotatable bonds is 6. The van der Waals surface area contributed by atoms with E-state index in [4.69, 9.17) is 11.6 Å². The van der Waals surface area contributed by atoms with Crippen LogP contribution in [-0.2, 0) is 16.0 Å². The monoisotopic (exact) mass is 322 g/mol. The molecule has 1 aromatic rings. The normalized spacial score (nSPS) is 16.3. The second-order valence-electron chi connectivity index (χ2n) is 5.89. The molecule has 0 unspecified atom stereocenters. The lowest BCUT2D eigenvalue weighted by Gasteiger charge is -2.23. The van der Waals surface area contributed by atoms with Crippen molar-refractivity contribution in [1.29, 1.82) is 0 Å². The molecule has 0 spiro atoms. The van der Waals surface area contributed by atoms with Gasteiger partial charge in [0.15, 0.2) is 0 Å². The quantitative estimate of drug-likeness (QED) is 0.846. The zero-order valence-electron chi connectivity index (χ0n) is 12.9. The molecule has 1 aliphatic carbocycles. The van der Waals surface area contributed by atoms with E-state index in [0.29, 0.717) is 11.6 Å². The molecule has 1 aliphatic rings. The van der Waals surface area contributed by atoms with Gasteiger partial charge in [-0.1, -0.05) is 36.6 Å². The summed E-state index contributed by atoms with van der Waals surface area (Å²) in [5.74, 6) is 0.0419. The van der Waals surface area contributed by atoms with Gasteiger partial charge in [0.25, 0.3) is 0 Å². The first-order chi connectivity index (χ1) is 10.6. The summed E-state index contributed by atoms with van der Waals surface area (Å²) < 4.78 is 0. The third-order valence-electron chi connectivity index (χ3n) is 4.14. The van der Waals surface area contributed by atoms with Crippen LogP contribution < -0.4 is 10.6 Å². The van der Waals surface area contributed by atoms with Gasteiger partial charge in [-0.25, -0.2) is 0 Å². The zero-order chi connectivity index (χ0) is 15.9. The minimum atomic E-state index is -0.398. The highest BCUT2D eigenvalue weighted by molar-refractivity contribution is 6.30. The van der Waals surface area contributed by atoms with Gasteiger partial charge in [-0.15, -0.1) is 0 Å². The molecule has 1 fully saturated rings. The van der Waals surface area contributed by atoms with Crippen LogP contribution in [0.3, 0.4) is 0 Å². The van der Waals surface area contributed by atoms with Gasteiger partial charge >= 0.3 is 0 Å². The van der Waals surface area contributed by atoms with Crippen molar-refractivity contribution in [3.63, 3.8) is 0 Å². The van der Waals surface area contributed by atoms with Crippen molar-refractivity contribution in [3.05, 3.63) is 34.9 Å². The van der Waals surface area contributed by atoms with Crippen LogP contribution in [0.2, 0.25) is 5.02 Å². The minimum Gasteiger partial charge on any atom is -0.354 e. The third-order valence-corrected chi connectivity index (χ3v) is 4.39. The number of benzene rings is 1. The Morgan fingerprint density at radius 1 is 1.23 bits per heavy atom. The molecule has 2 amide bonds. The maximum atomic E-state index is 12.4. The molecule has 0 aliphatic heterocycles. The Morgan fingerprint density at radius 2 is 1.86 bits per heavy atom. The average molecular weight is 323 g/mol. The van der Waals surface area contributed by atoms with E-state index in [-0.39, 0.29) is 17.7 Å². The Hall–Kier alpha value is -1.55. The summed E-state index contributed by atoms with van der Waals surface area (Å²) in [7, 11) is 0. The summed E-state index contributed by atoms with van der Waals surface area (Å²) in [6, 6.07) is 7.20. The van der Waals surface area contributed by atoms with Crippen LogP contribution in [0, 0.1) is 5.92 Å². The molecule has 0 bridgehead atoms. The molecule has 4 nitrogen and oxygen atoms in total. The van der Waals surface area contributed by atoms with Crippen LogP contribution in [0.5, 0.6) is 0 Å².